The molecular formula is C18H23N3O2. The molecule has 1 saturated carbocycles. The molecule has 1 aromatic carbocycles. The van der Waals surface area contributed by atoms with Gasteiger partial charge in [-0.05, 0) is 30.0 Å². The molecular weight excluding hydrogens is 290 g/mol. The van der Waals surface area contributed by atoms with Crippen LogP contribution in [0, 0.1) is 0 Å². The van der Waals surface area contributed by atoms with Gasteiger partial charge < -0.3 is 10.4 Å². The Hall–Kier alpha value is -2.14. The number of carbonyl (C=O) groups excluding carboxylic acids is 1. The van der Waals surface area contributed by atoms with E-state index in [9.17, 15) is 9.90 Å². The molecule has 3 rings (SSSR count). The number of nitrogens with zero attached hydrogens (tertiary/aromatic N) is 2. The van der Waals surface area contributed by atoms with Crippen molar-refractivity contribution in [3.05, 3.63) is 53.9 Å². The smallest absolute Gasteiger partial charge is 0.223 e. The van der Waals surface area contributed by atoms with Crippen molar-refractivity contribution < 1.29 is 9.90 Å². The summed E-state index contributed by atoms with van der Waals surface area (Å²) in [7, 11) is 0. The van der Waals surface area contributed by atoms with Crippen LogP contribution in [0.3, 0.4) is 0 Å². The molecule has 0 bridgehead atoms. The Morgan fingerprint density at radius 2 is 2.04 bits per heavy atom. The highest BCUT2D eigenvalue weighted by atomic mass is 16.3. The first-order chi connectivity index (χ1) is 11.1. The lowest BCUT2D eigenvalue weighted by Gasteiger charge is -2.21. The van der Waals surface area contributed by atoms with Gasteiger partial charge in [-0.15, -0.1) is 0 Å². The molecule has 122 valence electrons. The maximum Gasteiger partial charge on any atom is 0.223 e. The molecule has 1 heterocycles. The normalized spacial score (nSPS) is 16.4. The molecule has 0 unspecified atom stereocenters. The molecule has 0 atom stereocenters. The summed E-state index contributed by atoms with van der Waals surface area (Å²) in [5.74, 6) is -0.0770. The quantitative estimate of drug-likeness (QED) is 0.859. The summed E-state index contributed by atoms with van der Waals surface area (Å²) in [4.78, 5) is 12.0. The highest BCUT2D eigenvalue weighted by molar-refractivity contribution is 5.77. The van der Waals surface area contributed by atoms with E-state index in [0.717, 1.165) is 36.8 Å². The molecule has 1 aromatic heterocycles. The molecule has 0 radical (unpaired) electrons. The Balaban J connectivity index is 1.52. The van der Waals surface area contributed by atoms with E-state index in [1.54, 1.807) is 6.20 Å². The Morgan fingerprint density at radius 3 is 2.78 bits per heavy atom. The van der Waals surface area contributed by atoms with Crippen LogP contribution in [-0.2, 0) is 17.9 Å². The van der Waals surface area contributed by atoms with Crippen molar-refractivity contribution in [2.45, 2.75) is 50.8 Å². The summed E-state index contributed by atoms with van der Waals surface area (Å²) >= 11 is 0. The number of hydrogen-bond donors (Lipinski definition) is 2. The predicted octanol–water partition coefficient (Wildman–Crippen LogP) is 2.24. The first-order valence-electron chi connectivity index (χ1n) is 8.17. The lowest BCUT2D eigenvalue weighted by Crippen LogP contribution is -2.34. The minimum absolute atomic E-state index is 0.0770. The van der Waals surface area contributed by atoms with Crippen LogP contribution < -0.4 is 5.32 Å². The minimum atomic E-state index is -0.786. The number of amides is 1. The van der Waals surface area contributed by atoms with Crippen molar-refractivity contribution >= 4 is 5.91 Å². The molecule has 5 heteroatoms. The van der Waals surface area contributed by atoms with E-state index in [2.05, 4.69) is 16.5 Å². The average molecular weight is 313 g/mol. The van der Waals surface area contributed by atoms with Crippen LogP contribution in [0.5, 0.6) is 0 Å². The third-order valence-corrected chi connectivity index (χ3v) is 4.41. The van der Waals surface area contributed by atoms with Crippen LogP contribution in [0.1, 0.15) is 43.2 Å². The SMILES string of the molecule is O=C(CC1(O)CCCC1)NCc1cccc(Cn2cccn2)c1. The summed E-state index contributed by atoms with van der Waals surface area (Å²) in [6, 6.07) is 10.0. The summed E-state index contributed by atoms with van der Waals surface area (Å²) in [6.07, 6.45) is 7.40. The monoisotopic (exact) mass is 313 g/mol. The summed E-state index contributed by atoms with van der Waals surface area (Å²) in [6.45, 7) is 1.20. The molecule has 1 fully saturated rings. The van der Waals surface area contributed by atoms with Crippen molar-refractivity contribution in [1.29, 1.82) is 0 Å². The van der Waals surface area contributed by atoms with Crippen LogP contribution in [0.4, 0.5) is 0 Å². The summed E-state index contributed by atoms with van der Waals surface area (Å²) in [5, 5.41) is 17.4. The van der Waals surface area contributed by atoms with Gasteiger partial charge in [0.25, 0.3) is 0 Å². The fourth-order valence-corrected chi connectivity index (χ4v) is 3.19. The Labute approximate surface area is 136 Å². The number of rotatable bonds is 6. The maximum absolute atomic E-state index is 12.0. The van der Waals surface area contributed by atoms with Crippen molar-refractivity contribution in [3.8, 4) is 0 Å². The molecule has 23 heavy (non-hydrogen) atoms. The van der Waals surface area contributed by atoms with Gasteiger partial charge in [0.15, 0.2) is 0 Å². The first kappa shape index (κ1) is 15.7. The van der Waals surface area contributed by atoms with Crippen molar-refractivity contribution in [2.24, 2.45) is 0 Å². The van der Waals surface area contributed by atoms with E-state index < -0.39 is 5.60 Å². The number of nitrogens with one attached hydrogen (secondary N) is 1. The van der Waals surface area contributed by atoms with Crippen LogP contribution in [0.25, 0.3) is 0 Å². The molecule has 0 saturated heterocycles. The molecule has 5 nitrogen and oxygen atoms in total. The van der Waals surface area contributed by atoms with E-state index in [1.807, 2.05) is 35.1 Å². The van der Waals surface area contributed by atoms with Crippen molar-refractivity contribution in [1.82, 2.24) is 15.1 Å². The number of carbonyl (C=O) groups is 1. The number of aliphatic hydroxyl groups is 1. The maximum atomic E-state index is 12.0. The molecule has 1 amide bonds. The van der Waals surface area contributed by atoms with Crippen LogP contribution in [-0.4, -0.2) is 26.4 Å². The van der Waals surface area contributed by atoms with E-state index in [4.69, 9.17) is 0 Å². The van der Waals surface area contributed by atoms with E-state index in [1.165, 1.54) is 0 Å². The lowest BCUT2D eigenvalue weighted by atomic mass is 9.97. The molecule has 1 aliphatic rings. The van der Waals surface area contributed by atoms with Gasteiger partial charge in [0.05, 0.1) is 18.6 Å². The second-order valence-electron chi connectivity index (χ2n) is 6.41. The van der Waals surface area contributed by atoms with Crippen molar-refractivity contribution in [2.75, 3.05) is 0 Å². The zero-order chi connectivity index (χ0) is 16.1. The van der Waals surface area contributed by atoms with Crippen LogP contribution in [0.2, 0.25) is 0 Å². The second-order valence-corrected chi connectivity index (χ2v) is 6.41. The molecule has 2 N–H and O–H groups in total. The lowest BCUT2D eigenvalue weighted by molar-refractivity contribution is -0.126. The fourth-order valence-electron chi connectivity index (χ4n) is 3.19. The van der Waals surface area contributed by atoms with E-state index in [-0.39, 0.29) is 12.3 Å². The molecule has 0 aliphatic heterocycles. The zero-order valence-corrected chi connectivity index (χ0v) is 13.2. The number of benzene rings is 1. The van der Waals surface area contributed by atoms with Crippen LogP contribution >= 0.6 is 0 Å². The highest BCUT2D eigenvalue weighted by Crippen LogP contribution is 2.32. The average Bonchev–Trinajstić information content (AvgIpc) is 3.18. The van der Waals surface area contributed by atoms with E-state index >= 15 is 0 Å². The fraction of sp³-hybridized carbons (Fsp3) is 0.444. The first-order valence-corrected chi connectivity index (χ1v) is 8.17. The van der Waals surface area contributed by atoms with Gasteiger partial charge in [-0.2, -0.15) is 5.10 Å². The van der Waals surface area contributed by atoms with Crippen LogP contribution in [0.15, 0.2) is 42.7 Å². The van der Waals surface area contributed by atoms with Gasteiger partial charge in [0, 0.05) is 18.9 Å². The van der Waals surface area contributed by atoms with Gasteiger partial charge in [-0.1, -0.05) is 37.1 Å². The zero-order valence-electron chi connectivity index (χ0n) is 13.2. The summed E-state index contributed by atoms with van der Waals surface area (Å²) in [5.41, 5.74) is 1.42. The Kier molecular flexibility index (Phi) is 4.76. The van der Waals surface area contributed by atoms with Gasteiger partial charge in [0.1, 0.15) is 0 Å². The number of hydrogen-bond acceptors (Lipinski definition) is 3. The number of aromatic nitrogens is 2. The largest absolute Gasteiger partial charge is 0.389 e. The topological polar surface area (TPSA) is 67.2 Å². The summed E-state index contributed by atoms with van der Waals surface area (Å²) < 4.78 is 1.87. The molecule has 1 aliphatic carbocycles. The van der Waals surface area contributed by atoms with Gasteiger partial charge in [-0.3, -0.25) is 9.48 Å². The van der Waals surface area contributed by atoms with Crippen molar-refractivity contribution in [3.63, 3.8) is 0 Å². The van der Waals surface area contributed by atoms with Gasteiger partial charge in [-0.25, -0.2) is 0 Å². The van der Waals surface area contributed by atoms with Gasteiger partial charge >= 0.3 is 0 Å². The molecule has 2 aromatic rings. The Morgan fingerprint density at radius 1 is 1.26 bits per heavy atom. The molecule has 0 spiro atoms. The predicted molar refractivity (Wildman–Crippen MR) is 87.7 cm³/mol. The Bertz CT molecular complexity index is 646. The third-order valence-electron chi connectivity index (χ3n) is 4.41. The minimum Gasteiger partial charge on any atom is -0.389 e. The highest BCUT2D eigenvalue weighted by Gasteiger charge is 2.33. The third kappa shape index (κ3) is 4.42. The second kappa shape index (κ2) is 6.96. The van der Waals surface area contributed by atoms with E-state index in [0.29, 0.717) is 13.1 Å². The standard InChI is InChI=1S/C18H23N3O2/c22-17(12-18(23)7-1-2-8-18)19-13-15-5-3-6-16(11-15)14-21-10-4-9-20-21/h3-6,9-11,23H,1-2,7-8,12-14H2,(H,19,22). The van der Waals surface area contributed by atoms with Gasteiger partial charge in [0.2, 0.25) is 5.91 Å².